The number of benzene rings is 1. The fourth-order valence-electron chi connectivity index (χ4n) is 1.35. The van der Waals surface area contributed by atoms with E-state index in [1.54, 1.807) is 25.3 Å². The molecule has 0 unspecified atom stereocenters. The average molecular weight is 321 g/mol. The van der Waals surface area contributed by atoms with Crippen LogP contribution < -0.4 is 5.32 Å². The Morgan fingerprint density at radius 2 is 2.24 bits per heavy atom. The third-order valence-corrected chi connectivity index (χ3v) is 3.55. The van der Waals surface area contributed by atoms with Crippen LogP contribution >= 0.6 is 27.5 Å². The number of hydrogen-bond donors (Lipinski definition) is 1. The lowest BCUT2D eigenvalue weighted by Crippen LogP contribution is -2.25. The summed E-state index contributed by atoms with van der Waals surface area (Å²) in [5.41, 5.74) is 0.493. The molecule has 0 radical (unpaired) electrons. The van der Waals surface area contributed by atoms with Gasteiger partial charge in [0.25, 0.3) is 5.91 Å². The lowest BCUT2D eigenvalue weighted by atomic mass is 10.2. The van der Waals surface area contributed by atoms with Crippen molar-refractivity contribution in [3.63, 3.8) is 0 Å². The molecule has 0 bridgehead atoms. The molecule has 0 heterocycles. The average Bonchev–Trinajstić information content (AvgIpc) is 2.32. The molecule has 1 aromatic carbocycles. The van der Waals surface area contributed by atoms with Crippen LogP contribution in [-0.4, -0.2) is 26.2 Å². The molecule has 17 heavy (non-hydrogen) atoms. The second-order valence-corrected chi connectivity index (χ2v) is 4.79. The molecule has 0 aliphatic heterocycles. The van der Waals surface area contributed by atoms with Crippen LogP contribution in [0.4, 0.5) is 0 Å². The Balaban J connectivity index is 2.44. The molecule has 0 saturated carbocycles. The van der Waals surface area contributed by atoms with Gasteiger partial charge in [-0.25, -0.2) is 0 Å². The van der Waals surface area contributed by atoms with Crippen molar-refractivity contribution in [3.05, 3.63) is 33.3 Å². The summed E-state index contributed by atoms with van der Waals surface area (Å²) in [6.45, 7) is 1.35. The SMILES string of the molecule is COCCCCNC(=O)c1cccc(Br)c1Cl. The largest absolute Gasteiger partial charge is 0.385 e. The van der Waals surface area contributed by atoms with Crippen molar-refractivity contribution in [2.24, 2.45) is 0 Å². The predicted molar refractivity (Wildman–Crippen MR) is 72.6 cm³/mol. The van der Waals surface area contributed by atoms with E-state index in [0.717, 1.165) is 17.3 Å². The molecular weight excluding hydrogens is 305 g/mol. The Hall–Kier alpha value is -0.580. The van der Waals surface area contributed by atoms with Gasteiger partial charge < -0.3 is 10.1 Å². The summed E-state index contributed by atoms with van der Waals surface area (Å²) < 4.78 is 5.66. The van der Waals surface area contributed by atoms with E-state index in [2.05, 4.69) is 21.2 Å². The van der Waals surface area contributed by atoms with Gasteiger partial charge in [-0.1, -0.05) is 17.7 Å². The number of hydrogen-bond acceptors (Lipinski definition) is 2. The first kappa shape index (κ1) is 14.5. The van der Waals surface area contributed by atoms with Crippen molar-refractivity contribution in [1.82, 2.24) is 5.32 Å². The summed E-state index contributed by atoms with van der Waals surface area (Å²) >= 11 is 9.31. The van der Waals surface area contributed by atoms with E-state index in [0.29, 0.717) is 23.7 Å². The summed E-state index contributed by atoms with van der Waals surface area (Å²) in [5, 5.41) is 3.27. The highest BCUT2D eigenvalue weighted by molar-refractivity contribution is 9.10. The zero-order chi connectivity index (χ0) is 12.7. The van der Waals surface area contributed by atoms with Gasteiger partial charge in [-0.15, -0.1) is 0 Å². The van der Waals surface area contributed by atoms with Crippen molar-refractivity contribution in [3.8, 4) is 0 Å². The number of rotatable bonds is 6. The van der Waals surface area contributed by atoms with E-state index >= 15 is 0 Å². The quantitative estimate of drug-likeness (QED) is 0.817. The van der Waals surface area contributed by atoms with Gasteiger partial charge in [0, 0.05) is 24.7 Å². The number of methoxy groups -OCH3 is 1. The molecule has 0 aliphatic rings. The third-order valence-electron chi connectivity index (χ3n) is 2.26. The molecule has 1 amide bonds. The van der Waals surface area contributed by atoms with Gasteiger partial charge in [0.05, 0.1) is 10.6 Å². The lowest BCUT2D eigenvalue weighted by Gasteiger charge is -2.07. The Morgan fingerprint density at radius 1 is 1.47 bits per heavy atom. The molecule has 0 aromatic heterocycles. The minimum atomic E-state index is -0.145. The zero-order valence-corrected chi connectivity index (χ0v) is 12.0. The van der Waals surface area contributed by atoms with Crippen LogP contribution in [0.3, 0.4) is 0 Å². The Kier molecular flexibility index (Phi) is 6.55. The second-order valence-electron chi connectivity index (χ2n) is 3.56. The van der Waals surface area contributed by atoms with E-state index in [9.17, 15) is 4.79 Å². The van der Waals surface area contributed by atoms with Gasteiger partial charge in [-0.2, -0.15) is 0 Å². The topological polar surface area (TPSA) is 38.3 Å². The Labute approximate surface area is 115 Å². The maximum Gasteiger partial charge on any atom is 0.252 e. The number of ether oxygens (including phenoxy) is 1. The standard InChI is InChI=1S/C12H15BrClNO2/c1-17-8-3-2-7-15-12(16)9-5-4-6-10(13)11(9)14/h4-6H,2-3,7-8H2,1H3,(H,15,16). The number of unbranched alkanes of at least 4 members (excludes halogenated alkanes) is 1. The number of halogens is 2. The van der Waals surface area contributed by atoms with Gasteiger partial charge in [-0.3, -0.25) is 4.79 Å². The van der Waals surface area contributed by atoms with Gasteiger partial charge in [0.15, 0.2) is 0 Å². The first-order chi connectivity index (χ1) is 8.16. The van der Waals surface area contributed by atoms with Gasteiger partial charge in [0.2, 0.25) is 0 Å². The van der Waals surface area contributed by atoms with Crippen molar-refractivity contribution in [1.29, 1.82) is 0 Å². The highest BCUT2D eigenvalue weighted by Crippen LogP contribution is 2.25. The fraction of sp³-hybridized carbons (Fsp3) is 0.417. The number of nitrogens with one attached hydrogen (secondary N) is 1. The normalized spacial score (nSPS) is 10.3. The number of carbonyl (C=O) groups excluding carboxylic acids is 1. The molecule has 1 aromatic rings. The molecule has 0 aliphatic carbocycles. The highest BCUT2D eigenvalue weighted by atomic mass is 79.9. The van der Waals surface area contributed by atoms with Crippen LogP contribution in [0.1, 0.15) is 23.2 Å². The van der Waals surface area contributed by atoms with Crippen LogP contribution in [0.25, 0.3) is 0 Å². The summed E-state index contributed by atoms with van der Waals surface area (Å²) in [6, 6.07) is 5.30. The van der Waals surface area contributed by atoms with Crippen molar-refractivity contribution >= 4 is 33.4 Å². The molecule has 0 spiro atoms. The molecular formula is C12H15BrClNO2. The highest BCUT2D eigenvalue weighted by Gasteiger charge is 2.11. The van der Waals surface area contributed by atoms with Crippen molar-refractivity contribution < 1.29 is 9.53 Å². The minimum Gasteiger partial charge on any atom is -0.385 e. The smallest absolute Gasteiger partial charge is 0.252 e. The molecule has 3 nitrogen and oxygen atoms in total. The minimum absolute atomic E-state index is 0.145. The molecule has 0 fully saturated rings. The van der Waals surface area contributed by atoms with Crippen LogP contribution in [-0.2, 0) is 4.74 Å². The first-order valence-electron chi connectivity index (χ1n) is 5.38. The van der Waals surface area contributed by atoms with Crippen LogP contribution in [0.2, 0.25) is 5.02 Å². The summed E-state index contributed by atoms with van der Waals surface area (Å²) in [5.74, 6) is -0.145. The van der Waals surface area contributed by atoms with Crippen LogP contribution in [0.15, 0.2) is 22.7 Å². The molecule has 1 N–H and O–H groups in total. The van der Waals surface area contributed by atoms with Gasteiger partial charge in [0.1, 0.15) is 0 Å². The van der Waals surface area contributed by atoms with Crippen LogP contribution in [0.5, 0.6) is 0 Å². The van der Waals surface area contributed by atoms with Gasteiger partial charge >= 0.3 is 0 Å². The molecule has 1 rings (SSSR count). The summed E-state index contributed by atoms with van der Waals surface area (Å²) in [7, 11) is 1.67. The Bertz CT molecular complexity index is 385. The Morgan fingerprint density at radius 3 is 2.94 bits per heavy atom. The van der Waals surface area contributed by atoms with E-state index < -0.39 is 0 Å². The fourth-order valence-corrected chi connectivity index (χ4v) is 1.93. The molecule has 94 valence electrons. The first-order valence-corrected chi connectivity index (χ1v) is 6.55. The molecule has 0 saturated heterocycles. The second kappa shape index (κ2) is 7.69. The van der Waals surface area contributed by atoms with Crippen molar-refractivity contribution in [2.45, 2.75) is 12.8 Å². The zero-order valence-electron chi connectivity index (χ0n) is 9.63. The third kappa shape index (κ3) is 4.66. The van der Waals surface area contributed by atoms with E-state index in [1.165, 1.54) is 0 Å². The predicted octanol–water partition coefficient (Wildman–Crippen LogP) is 3.26. The van der Waals surface area contributed by atoms with E-state index in [4.69, 9.17) is 16.3 Å². The maximum absolute atomic E-state index is 11.8. The monoisotopic (exact) mass is 319 g/mol. The summed E-state index contributed by atoms with van der Waals surface area (Å²) in [6.07, 6.45) is 1.83. The number of carbonyl (C=O) groups is 1. The van der Waals surface area contributed by atoms with E-state index in [-0.39, 0.29) is 5.91 Å². The lowest BCUT2D eigenvalue weighted by molar-refractivity contribution is 0.0951. The summed E-state index contributed by atoms with van der Waals surface area (Å²) in [4.78, 5) is 11.8. The number of amides is 1. The van der Waals surface area contributed by atoms with Crippen LogP contribution in [0, 0.1) is 0 Å². The van der Waals surface area contributed by atoms with E-state index in [1.807, 2.05) is 0 Å². The molecule has 5 heteroatoms. The molecule has 0 atom stereocenters. The maximum atomic E-state index is 11.8. The van der Waals surface area contributed by atoms with Gasteiger partial charge in [-0.05, 0) is 40.9 Å². The van der Waals surface area contributed by atoms with Crippen molar-refractivity contribution in [2.75, 3.05) is 20.3 Å².